The Morgan fingerprint density at radius 1 is 1.17 bits per heavy atom. The number of nitrogens with two attached hydrogens (primary N) is 2. The number of carboxylic acids is 1. The smallest absolute Gasteiger partial charge is 0.320 e. The topological polar surface area (TPSA) is 165 Å². The number of rotatable bonds is 8. The number of nitrogens with one attached hydrogen (secondary N) is 1. The van der Waals surface area contributed by atoms with E-state index < -0.39 is 34.5 Å². The average molecular weight is 418 g/mol. The van der Waals surface area contributed by atoms with Gasteiger partial charge in [-0.05, 0) is 37.1 Å². The minimum absolute atomic E-state index is 0.0373. The number of carboxylic acid groups (broad SMARTS) is 1. The Labute approximate surface area is 168 Å². The quantitative estimate of drug-likeness (QED) is 0.350. The molecule has 9 nitrogen and oxygen atoms in total. The fourth-order valence-corrected chi connectivity index (χ4v) is 3.37. The van der Waals surface area contributed by atoms with Crippen molar-refractivity contribution >= 4 is 27.7 Å². The van der Waals surface area contributed by atoms with Crippen molar-refractivity contribution in [2.45, 2.75) is 24.3 Å². The van der Waals surface area contributed by atoms with Crippen LogP contribution in [0.1, 0.15) is 16.7 Å². The molecule has 0 aliphatic carbocycles. The van der Waals surface area contributed by atoms with Gasteiger partial charge in [0.05, 0.1) is 11.4 Å². The van der Waals surface area contributed by atoms with E-state index in [4.69, 9.17) is 16.6 Å². The molecule has 29 heavy (non-hydrogen) atoms. The lowest BCUT2D eigenvalue weighted by Gasteiger charge is -2.08. The number of aliphatic carboxylic acids is 1. The highest BCUT2D eigenvalue weighted by atomic mass is 32.2. The van der Waals surface area contributed by atoms with E-state index in [0.29, 0.717) is 11.1 Å². The first-order valence-electron chi connectivity index (χ1n) is 8.59. The largest absolute Gasteiger partial charge is 0.480 e. The highest BCUT2D eigenvalue weighted by molar-refractivity contribution is 7.89. The van der Waals surface area contributed by atoms with Crippen molar-refractivity contribution in [2.24, 2.45) is 16.5 Å². The van der Waals surface area contributed by atoms with Gasteiger partial charge in [0.15, 0.2) is 0 Å². The molecule has 0 fully saturated rings. The Morgan fingerprint density at radius 2 is 1.83 bits per heavy atom. The summed E-state index contributed by atoms with van der Waals surface area (Å²) >= 11 is 0. The lowest BCUT2D eigenvalue weighted by atomic mass is 10.0. The van der Waals surface area contributed by atoms with Crippen LogP contribution in [-0.4, -0.2) is 43.8 Å². The first-order valence-corrected chi connectivity index (χ1v) is 10.1. The molecule has 0 bridgehead atoms. The minimum atomic E-state index is -3.85. The number of nitrogens with zero attached hydrogens (tertiary/aromatic N) is 1. The van der Waals surface area contributed by atoms with Crippen LogP contribution >= 0.6 is 0 Å². The third kappa shape index (κ3) is 6.49. The molecule has 0 radical (unpaired) electrons. The predicted molar refractivity (Wildman–Crippen MR) is 108 cm³/mol. The van der Waals surface area contributed by atoms with Crippen molar-refractivity contribution in [2.75, 3.05) is 6.54 Å². The van der Waals surface area contributed by atoms with E-state index >= 15 is 0 Å². The molecule has 1 amide bonds. The Bertz CT molecular complexity index is 1030. The lowest BCUT2D eigenvalue weighted by Crippen LogP contribution is -2.32. The van der Waals surface area contributed by atoms with Crippen LogP contribution in [-0.2, 0) is 26.0 Å². The number of sulfonamides is 1. The molecule has 0 aliphatic heterocycles. The zero-order valence-electron chi connectivity index (χ0n) is 15.7. The fraction of sp³-hybridized carbons (Fsp3) is 0.211. The Hall–Kier alpha value is -3.08. The van der Waals surface area contributed by atoms with E-state index in [-0.39, 0.29) is 17.2 Å². The Balaban J connectivity index is 2.05. The summed E-state index contributed by atoms with van der Waals surface area (Å²) in [5.41, 5.74) is 13.3. The van der Waals surface area contributed by atoms with Crippen molar-refractivity contribution in [3.8, 4) is 0 Å². The summed E-state index contributed by atoms with van der Waals surface area (Å²) in [6, 6.07) is 11.6. The maximum absolute atomic E-state index is 12.2. The number of amides is 1. The second-order valence-corrected chi connectivity index (χ2v) is 8.14. The van der Waals surface area contributed by atoms with Crippen molar-refractivity contribution < 1.29 is 23.1 Å². The standard InChI is InChI=1S/C19H22N4O5S/c1-12-5-7-15(8-6-12)29(27,28)22-11-17(24)23-18(21)14-4-2-3-13(9-14)10-16(20)19(25)26/h2-9,16,22H,10-11,20H2,1H3,(H,25,26)(H2,21,23,24)/t16-/m0/s1. The van der Waals surface area contributed by atoms with Crippen molar-refractivity contribution in [1.29, 1.82) is 0 Å². The van der Waals surface area contributed by atoms with Gasteiger partial charge in [-0.25, -0.2) is 13.1 Å². The summed E-state index contributed by atoms with van der Waals surface area (Å²) in [4.78, 5) is 26.6. The van der Waals surface area contributed by atoms with Gasteiger partial charge in [0.25, 0.3) is 5.91 Å². The third-order valence-electron chi connectivity index (χ3n) is 3.99. The van der Waals surface area contributed by atoms with Gasteiger partial charge in [0, 0.05) is 5.56 Å². The highest BCUT2D eigenvalue weighted by Gasteiger charge is 2.16. The number of hydrogen-bond acceptors (Lipinski definition) is 5. The second kappa shape index (κ2) is 9.41. The van der Waals surface area contributed by atoms with Gasteiger partial charge in [-0.1, -0.05) is 35.9 Å². The molecule has 0 heterocycles. The van der Waals surface area contributed by atoms with Gasteiger partial charge in [0.2, 0.25) is 10.0 Å². The summed E-state index contributed by atoms with van der Waals surface area (Å²) in [6.45, 7) is 1.27. The van der Waals surface area contributed by atoms with E-state index in [2.05, 4.69) is 9.71 Å². The monoisotopic (exact) mass is 418 g/mol. The van der Waals surface area contributed by atoms with Crippen LogP contribution in [0, 0.1) is 6.92 Å². The normalized spacial score (nSPS) is 13.1. The molecule has 0 unspecified atom stereocenters. The summed E-state index contributed by atoms with van der Waals surface area (Å²) in [6.07, 6.45) is 0.0841. The van der Waals surface area contributed by atoms with E-state index in [1.165, 1.54) is 12.1 Å². The molecule has 1 atom stereocenters. The molecule has 10 heteroatoms. The molecular formula is C19H22N4O5S. The van der Waals surface area contributed by atoms with Gasteiger partial charge in [0.1, 0.15) is 11.9 Å². The van der Waals surface area contributed by atoms with Gasteiger partial charge >= 0.3 is 5.97 Å². The van der Waals surface area contributed by atoms with E-state index in [1.54, 1.807) is 36.4 Å². The Kier molecular flexibility index (Phi) is 7.21. The molecular weight excluding hydrogens is 396 g/mol. The molecule has 0 aromatic heterocycles. The van der Waals surface area contributed by atoms with Crippen LogP contribution in [0.25, 0.3) is 0 Å². The molecule has 2 aromatic rings. The van der Waals surface area contributed by atoms with Crippen molar-refractivity contribution in [1.82, 2.24) is 4.72 Å². The molecule has 154 valence electrons. The number of aryl methyl sites for hydroxylation is 1. The number of carbonyl (C=O) groups is 2. The van der Waals surface area contributed by atoms with Crippen LogP contribution < -0.4 is 16.2 Å². The maximum Gasteiger partial charge on any atom is 0.320 e. The zero-order chi connectivity index (χ0) is 21.6. The van der Waals surface area contributed by atoms with Crippen LogP contribution in [0.4, 0.5) is 0 Å². The fourth-order valence-electron chi connectivity index (χ4n) is 2.39. The van der Waals surface area contributed by atoms with Crippen LogP contribution in [0.2, 0.25) is 0 Å². The van der Waals surface area contributed by atoms with Crippen LogP contribution in [0.3, 0.4) is 0 Å². The van der Waals surface area contributed by atoms with Gasteiger partial charge in [-0.15, -0.1) is 0 Å². The number of amidine groups is 1. The summed E-state index contributed by atoms with van der Waals surface area (Å²) < 4.78 is 26.6. The highest BCUT2D eigenvalue weighted by Crippen LogP contribution is 2.10. The predicted octanol–water partition coefficient (Wildman–Crippen LogP) is 0.160. The van der Waals surface area contributed by atoms with Crippen LogP contribution in [0.5, 0.6) is 0 Å². The van der Waals surface area contributed by atoms with Crippen molar-refractivity contribution in [3.05, 3.63) is 65.2 Å². The molecule has 0 aliphatic rings. The van der Waals surface area contributed by atoms with E-state index in [0.717, 1.165) is 5.56 Å². The summed E-state index contributed by atoms with van der Waals surface area (Å²) in [7, 11) is -3.85. The first kappa shape index (κ1) is 22.2. The van der Waals surface area contributed by atoms with Crippen LogP contribution in [0.15, 0.2) is 58.4 Å². The average Bonchev–Trinajstić information content (AvgIpc) is 2.67. The SMILES string of the molecule is Cc1ccc(S(=O)(=O)NCC(=O)N=C(N)c2cccc(C[C@H](N)C(=O)O)c2)cc1. The second-order valence-electron chi connectivity index (χ2n) is 6.38. The maximum atomic E-state index is 12.2. The number of benzene rings is 2. The van der Waals surface area contributed by atoms with Gasteiger partial charge in [-0.3, -0.25) is 9.59 Å². The molecule has 2 rings (SSSR count). The first-order chi connectivity index (χ1) is 13.6. The zero-order valence-corrected chi connectivity index (χ0v) is 16.5. The number of hydrogen-bond donors (Lipinski definition) is 4. The number of carbonyl (C=O) groups excluding carboxylic acids is 1. The van der Waals surface area contributed by atoms with Crippen molar-refractivity contribution in [3.63, 3.8) is 0 Å². The molecule has 2 aromatic carbocycles. The molecule has 0 saturated carbocycles. The minimum Gasteiger partial charge on any atom is -0.480 e. The van der Waals surface area contributed by atoms with Gasteiger partial charge in [-0.2, -0.15) is 4.99 Å². The summed E-state index contributed by atoms with van der Waals surface area (Å²) in [5.74, 6) is -2.02. The molecule has 0 spiro atoms. The third-order valence-corrected chi connectivity index (χ3v) is 5.40. The number of aliphatic imine (C=N–C) groups is 1. The summed E-state index contributed by atoms with van der Waals surface area (Å²) in [5, 5.41) is 8.89. The molecule has 6 N–H and O–H groups in total. The van der Waals surface area contributed by atoms with E-state index in [1.807, 2.05) is 6.92 Å². The molecule has 0 saturated heterocycles. The lowest BCUT2D eigenvalue weighted by molar-refractivity contribution is -0.138. The Morgan fingerprint density at radius 3 is 2.45 bits per heavy atom. The van der Waals surface area contributed by atoms with Gasteiger partial charge < -0.3 is 16.6 Å². The van der Waals surface area contributed by atoms with E-state index in [9.17, 15) is 18.0 Å².